The maximum Gasteiger partial charge on any atom is 0.257 e. The van der Waals surface area contributed by atoms with Crippen molar-refractivity contribution in [3.05, 3.63) is 89.7 Å². The van der Waals surface area contributed by atoms with E-state index in [4.69, 9.17) is 0 Å². The van der Waals surface area contributed by atoms with Crippen LogP contribution >= 0.6 is 0 Å². The molecule has 0 radical (unpaired) electrons. The maximum atomic E-state index is 12.8. The number of hydrogen-bond donors (Lipinski definition) is 1. The van der Waals surface area contributed by atoms with Crippen LogP contribution in [0.1, 0.15) is 34.5 Å². The molecule has 0 spiro atoms. The Morgan fingerprint density at radius 2 is 1.78 bits per heavy atom. The molecule has 1 amide bonds. The van der Waals surface area contributed by atoms with Gasteiger partial charge in [0.1, 0.15) is 5.56 Å². The largest absolute Gasteiger partial charge is 0.345 e. The first-order valence-electron chi connectivity index (χ1n) is 8.89. The lowest BCUT2D eigenvalue weighted by Crippen LogP contribution is -2.26. The van der Waals surface area contributed by atoms with Gasteiger partial charge in [0.05, 0.1) is 17.9 Å². The summed E-state index contributed by atoms with van der Waals surface area (Å²) in [4.78, 5) is 17.2. The van der Waals surface area contributed by atoms with Crippen LogP contribution < -0.4 is 5.32 Å². The van der Waals surface area contributed by atoms with Crippen molar-refractivity contribution < 1.29 is 4.79 Å². The van der Waals surface area contributed by atoms with Gasteiger partial charge in [-0.3, -0.25) is 4.79 Å². The predicted molar refractivity (Wildman–Crippen MR) is 105 cm³/mol. The van der Waals surface area contributed by atoms with Gasteiger partial charge in [-0.05, 0) is 25.5 Å². The summed E-state index contributed by atoms with van der Waals surface area (Å²) in [7, 11) is 0. The van der Waals surface area contributed by atoms with Crippen molar-refractivity contribution in [1.29, 1.82) is 0 Å². The Kier molecular flexibility index (Phi) is 4.42. The summed E-state index contributed by atoms with van der Waals surface area (Å²) >= 11 is 0. The third-order valence-corrected chi connectivity index (χ3v) is 4.64. The van der Waals surface area contributed by atoms with Gasteiger partial charge in [-0.15, -0.1) is 0 Å². The lowest BCUT2D eigenvalue weighted by Gasteiger charge is -2.13. The van der Waals surface area contributed by atoms with Crippen molar-refractivity contribution in [3.8, 4) is 11.3 Å². The zero-order valence-corrected chi connectivity index (χ0v) is 15.3. The zero-order chi connectivity index (χ0) is 18.8. The average Bonchev–Trinajstić information content (AvgIpc) is 3.13. The second kappa shape index (κ2) is 7.03. The summed E-state index contributed by atoms with van der Waals surface area (Å²) in [6.45, 7) is 4.01. The number of carbonyl (C=O) groups is 1. The van der Waals surface area contributed by atoms with E-state index in [1.165, 1.54) is 5.56 Å². The van der Waals surface area contributed by atoms with E-state index in [0.717, 1.165) is 16.8 Å². The highest BCUT2D eigenvalue weighted by Gasteiger charge is 2.18. The molecule has 1 atom stereocenters. The van der Waals surface area contributed by atoms with Crippen molar-refractivity contribution in [1.82, 2.24) is 19.9 Å². The molecule has 0 saturated heterocycles. The third-order valence-electron chi connectivity index (χ3n) is 4.64. The minimum Gasteiger partial charge on any atom is -0.345 e. The molecule has 2 heterocycles. The summed E-state index contributed by atoms with van der Waals surface area (Å²) in [6.07, 6.45) is 3.29. The number of benzene rings is 2. The minimum absolute atomic E-state index is 0.103. The lowest BCUT2D eigenvalue weighted by molar-refractivity contribution is 0.0941. The summed E-state index contributed by atoms with van der Waals surface area (Å²) in [5, 5.41) is 7.44. The smallest absolute Gasteiger partial charge is 0.257 e. The number of amides is 1. The molecule has 1 unspecified atom stereocenters. The van der Waals surface area contributed by atoms with Crippen LogP contribution in [0.15, 0.2) is 73.1 Å². The molecule has 4 aromatic rings. The van der Waals surface area contributed by atoms with Gasteiger partial charge in [0.15, 0.2) is 5.65 Å². The van der Waals surface area contributed by atoms with E-state index in [9.17, 15) is 4.79 Å². The van der Waals surface area contributed by atoms with E-state index in [1.54, 1.807) is 16.9 Å². The van der Waals surface area contributed by atoms with Crippen LogP contribution in [0.2, 0.25) is 0 Å². The molecule has 134 valence electrons. The van der Waals surface area contributed by atoms with E-state index in [2.05, 4.69) is 34.5 Å². The van der Waals surface area contributed by atoms with Crippen LogP contribution in [0.25, 0.3) is 16.9 Å². The van der Waals surface area contributed by atoms with Crippen molar-refractivity contribution >= 4 is 11.6 Å². The van der Waals surface area contributed by atoms with Crippen LogP contribution in [-0.2, 0) is 0 Å². The molecule has 0 aliphatic carbocycles. The summed E-state index contributed by atoms with van der Waals surface area (Å²) < 4.78 is 1.72. The van der Waals surface area contributed by atoms with Crippen LogP contribution in [-0.4, -0.2) is 20.5 Å². The number of aryl methyl sites for hydroxylation is 1. The highest BCUT2D eigenvalue weighted by Crippen LogP contribution is 2.22. The normalized spacial score (nSPS) is 12.1. The van der Waals surface area contributed by atoms with Gasteiger partial charge in [0, 0.05) is 11.8 Å². The van der Waals surface area contributed by atoms with Crippen LogP contribution in [0.4, 0.5) is 0 Å². The van der Waals surface area contributed by atoms with Crippen LogP contribution in [0.3, 0.4) is 0 Å². The van der Waals surface area contributed by atoms with E-state index in [1.807, 2.05) is 55.5 Å². The number of carbonyl (C=O) groups excluding carboxylic acids is 1. The Morgan fingerprint density at radius 3 is 2.52 bits per heavy atom. The molecule has 5 nitrogen and oxygen atoms in total. The Balaban J connectivity index is 1.66. The summed E-state index contributed by atoms with van der Waals surface area (Å²) in [5.41, 5.74) is 5.18. The van der Waals surface area contributed by atoms with E-state index in [0.29, 0.717) is 11.2 Å². The molecule has 27 heavy (non-hydrogen) atoms. The van der Waals surface area contributed by atoms with Crippen molar-refractivity contribution in [2.24, 2.45) is 0 Å². The Labute approximate surface area is 157 Å². The van der Waals surface area contributed by atoms with Gasteiger partial charge >= 0.3 is 0 Å². The molecule has 0 aliphatic heterocycles. The molecule has 0 saturated carbocycles. The quantitative estimate of drug-likeness (QED) is 0.596. The topological polar surface area (TPSA) is 59.3 Å². The molecule has 0 aliphatic rings. The molecule has 2 aromatic carbocycles. The van der Waals surface area contributed by atoms with Gasteiger partial charge < -0.3 is 5.32 Å². The molecule has 5 heteroatoms. The van der Waals surface area contributed by atoms with Crippen LogP contribution in [0, 0.1) is 6.92 Å². The first-order chi connectivity index (χ1) is 13.1. The van der Waals surface area contributed by atoms with Gasteiger partial charge in [-0.1, -0.05) is 60.2 Å². The SMILES string of the molecule is Cc1ccc(-c2ccnc3c(C(=O)NC(C)c4ccccc4)cnn23)cc1. The molecular weight excluding hydrogens is 336 g/mol. The highest BCUT2D eigenvalue weighted by atomic mass is 16.1. The van der Waals surface area contributed by atoms with E-state index >= 15 is 0 Å². The summed E-state index contributed by atoms with van der Waals surface area (Å²) in [5.74, 6) is -0.185. The highest BCUT2D eigenvalue weighted by molar-refractivity contribution is 6.00. The molecular formula is C22H20N4O. The Bertz CT molecular complexity index is 1080. The lowest BCUT2D eigenvalue weighted by atomic mass is 10.1. The number of fused-ring (bicyclic) bond motifs is 1. The number of hydrogen-bond acceptors (Lipinski definition) is 3. The zero-order valence-electron chi connectivity index (χ0n) is 15.3. The first kappa shape index (κ1) is 17.0. The number of aromatic nitrogens is 3. The van der Waals surface area contributed by atoms with E-state index < -0.39 is 0 Å². The second-order valence-corrected chi connectivity index (χ2v) is 6.60. The molecule has 0 fully saturated rings. The minimum atomic E-state index is -0.185. The standard InChI is InChI=1S/C22H20N4O/c1-15-8-10-18(11-9-15)20-12-13-23-21-19(14-24-26(20)21)22(27)25-16(2)17-6-4-3-5-7-17/h3-14,16H,1-2H3,(H,25,27). The maximum absolute atomic E-state index is 12.8. The first-order valence-corrected chi connectivity index (χ1v) is 8.89. The number of nitrogens with one attached hydrogen (secondary N) is 1. The Morgan fingerprint density at radius 1 is 1.04 bits per heavy atom. The van der Waals surface area contributed by atoms with Gasteiger partial charge in [-0.25, -0.2) is 9.50 Å². The fourth-order valence-corrected chi connectivity index (χ4v) is 3.09. The molecule has 1 N–H and O–H groups in total. The molecule has 0 bridgehead atoms. The fraction of sp³-hybridized carbons (Fsp3) is 0.136. The summed E-state index contributed by atoms with van der Waals surface area (Å²) in [6, 6.07) is 19.9. The monoisotopic (exact) mass is 356 g/mol. The van der Waals surface area contributed by atoms with Gasteiger partial charge in [0.25, 0.3) is 5.91 Å². The van der Waals surface area contributed by atoms with Gasteiger partial charge in [-0.2, -0.15) is 5.10 Å². The van der Waals surface area contributed by atoms with Crippen molar-refractivity contribution in [2.45, 2.75) is 19.9 Å². The fourth-order valence-electron chi connectivity index (χ4n) is 3.09. The number of rotatable bonds is 4. The van der Waals surface area contributed by atoms with Crippen molar-refractivity contribution in [2.75, 3.05) is 0 Å². The predicted octanol–water partition coefficient (Wildman–Crippen LogP) is 4.20. The van der Waals surface area contributed by atoms with Gasteiger partial charge in [0.2, 0.25) is 0 Å². The third kappa shape index (κ3) is 3.31. The van der Waals surface area contributed by atoms with E-state index in [-0.39, 0.29) is 11.9 Å². The second-order valence-electron chi connectivity index (χ2n) is 6.60. The molecule has 4 rings (SSSR count). The Hall–Kier alpha value is -3.47. The average molecular weight is 356 g/mol. The number of nitrogens with zero attached hydrogens (tertiary/aromatic N) is 3. The molecule has 2 aromatic heterocycles. The van der Waals surface area contributed by atoms with Crippen LogP contribution in [0.5, 0.6) is 0 Å². The van der Waals surface area contributed by atoms with Crippen molar-refractivity contribution in [3.63, 3.8) is 0 Å².